The minimum atomic E-state index is -1.49. The van der Waals surface area contributed by atoms with Crippen LogP contribution in [0.4, 0.5) is 0 Å². The number of carboxylic acids is 2. The number of rotatable bonds is 12. The third kappa shape index (κ3) is 7.77. The Kier molecular flexibility index (Phi) is 9.58. The predicted octanol–water partition coefficient (Wildman–Crippen LogP) is 4.05. The number of benzene rings is 1. The molecule has 2 N–H and O–H groups in total. The number of carbonyl (C=O) groups is 4. The summed E-state index contributed by atoms with van der Waals surface area (Å²) in [4.78, 5) is 46.6. The van der Waals surface area contributed by atoms with Crippen LogP contribution < -0.4 is 0 Å². The van der Waals surface area contributed by atoms with E-state index in [9.17, 15) is 24.3 Å². The average Bonchev–Trinajstić information content (AvgIpc) is 2.66. The first-order chi connectivity index (χ1) is 13.7. The second-order valence-electron chi connectivity index (χ2n) is 6.59. The molecule has 0 aliphatic rings. The minimum absolute atomic E-state index is 0.149. The largest absolute Gasteiger partial charge is 0.478 e. The Morgan fingerprint density at radius 1 is 0.966 bits per heavy atom. The lowest BCUT2D eigenvalue weighted by Gasteiger charge is -2.18. The topological polar surface area (TPSA) is 127 Å². The van der Waals surface area contributed by atoms with Crippen LogP contribution in [0, 0.1) is 0 Å². The fraction of sp³-hybridized carbons (Fsp3) is 0.429. The van der Waals surface area contributed by atoms with Crippen molar-refractivity contribution in [3.05, 3.63) is 47.0 Å². The van der Waals surface area contributed by atoms with Crippen molar-refractivity contribution in [1.82, 2.24) is 0 Å². The molecule has 0 radical (unpaired) electrons. The maximum atomic E-state index is 12.4. The van der Waals surface area contributed by atoms with Gasteiger partial charge in [-0.1, -0.05) is 39.2 Å². The molecule has 8 heteroatoms. The summed E-state index contributed by atoms with van der Waals surface area (Å²) in [6, 6.07) is 3.09. The summed E-state index contributed by atoms with van der Waals surface area (Å²) in [6.45, 7) is 7.04. The number of ether oxygens (including phenoxy) is 2. The van der Waals surface area contributed by atoms with Gasteiger partial charge in [0.15, 0.2) is 0 Å². The number of carbonyl (C=O) groups excluding carboxylic acids is 2. The summed E-state index contributed by atoms with van der Waals surface area (Å²) in [5, 5.41) is 18.2. The maximum Gasteiger partial charge on any atom is 0.341 e. The molecule has 0 saturated carbocycles. The van der Waals surface area contributed by atoms with Gasteiger partial charge in [0.1, 0.15) is 0 Å². The van der Waals surface area contributed by atoms with Crippen LogP contribution in [-0.4, -0.2) is 40.4 Å². The Morgan fingerprint density at radius 2 is 1.59 bits per heavy atom. The van der Waals surface area contributed by atoms with E-state index < -0.39 is 41.3 Å². The molecule has 0 aliphatic carbocycles. The lowest BCUT2D eigenvalue weighted by molar-refractivity contribution is -0.164. The fourth-order valence-corrected chi connectivity index (χ4v) is 2.50. The summed E-state index contributed by atoms with van der Waals surface area (Å²) in [5.41, 5.74) is -0.997. The van der Waals surface area contributed by atoms with E-state index in [1.165, 1.54) is 6.92 Å². The molecule has 0 heterocycles. The average molecular weight is 406 g/mol. The predicted molar refractivity (Wildman–Crippen MR) is 104 cm³/mol. The van der Waals surface area contributed by atoms with E-state index in [0.29, 0.717) is 6.42 Å². The van der Waals surface area contributed by atoms with E-state index in [2.05, 4.69) is 13.5 Å². The number of esters is 2. The summed E-state index contributed by atoms with van der Waals surface area (Å²) >= 11 is 0. The molecular formula is C21H26O8. The van der Waals surface area contributed by atoms with E-state index in [-0.39, 0.29) is 17.6 Å². The van der Waals surface area contributed by atoms with Crippen molar-refractivity contribution >= 4 is 23.9 Å². The molecule has 0 fully saturated rings. The standard InChI is InChI=1S/C21H26O8/c1-4-5-6-7-8-9-17(28-20(26)13(2)3)29-21(27)14-10-11-15(18(22)23)16(12-14)19(24)25/h10-12,17H,2,4-9H2,1,3H3,(H,22,23)(H,24,25). The molecule has 1 aromatic rings. The molecule has 0 amide bonds. The molecule has 0 spiro atoms. The number of unbranched alkanes of at least 4 members (excludes halogenated alkanes) is 4. The van der Waals surface area contributed by atoms with Gasteiger partial charge in [-0.2, -0.15) is 0 Å². The highest BCUT2D eigenvalue weighted by Crippen LogP contribution is 2.17. The van der Waals surface area contributed by atoms with Crippen molar-refractivity contribution in [2.45, 2.75) is 58.7 Å². The van der Waals surface area contributed by atoms with Gasteiger partial charge in [-0.05, 0) is 31.5 Å². The van der Waals surface area contributed by atoms with Gasteiger partial charge in [-0.15, -0.1) is 0 Å². The molecule has 0 aromatic heterocycles. The number of hydrogen-bond acceptors (Lipinski definition) is 6. The molecular weight excluding hydrogens is 380 g/mol. The molecule has 1 rings (SSSR count). The second-order valence-corrected chi connectivity index (χ2v) is 6.59. The van der Waals surface area contributed by atoms with Gasteiger partial charge < -0.3 is 19.7 Å². The molecule has 0 aliphatic heterocycles. The van der Waals surface area contributed by atoms with Crippen molar-refractivity contribution in [2.24, 2.45) is 0 Å². The van der Waals surface area contributed by atoms with Gasteiger partial charge in [-0.25, -0.2) is 19.2 Å². The van der Waals surface area contributed by atoms with Gasteiger partial charge in [0, 0.05) is 12.0 Å². The molecule has 158 valence electrons. The zero-order chi connectivity index (χ0) is 22.0. The lowest BCUT2D eigenvalue weighted by Crippen LogP contribution is -2.25. The summed E-state index contributed by atoms with van der Waals surface area (Å²) < 4.78 is 10.4. The zero-order valence-electron chi connectivity index (χ0n) is 16.6. The van der Waals surface area contributed by atoms with Gasteiger partial charge in [0.05, 0.1) is 16.7 Å². The molecule has 8 nitrogen and oxygen atoms in total. The third-order valence-electron chi connectivity index (χ3n) is 4.08. The quantitative estimate of drug-likeness (QED) is 0.230. The van der Waals surface area contributed by atoms with Crippen molar-refractivity contribution < 1.29 is 38.9 Å². The Hall–Kier alpha value is -3.16. The Balaban J connectivity index is 2.93. The van der Waals surface area contributed by atoms with Crippen molar-refractivity contribution in [3.63, 3.8) is 0 Å². The van der Waals surface area contributed by atoms with Crippen molar-refractivity contribution in [1.29, 1.82) is 0 Å². The van der Waals surface area contributed by atoms with E-state index in [1.807, 2.05) is 0 Å². The number of aromatic carboxylic acids is 2. The summed E-state index contributed by atoms with van der Waals surface area (Å²) in [7, 11) is 0. The van der Waals surface area contributed by atoms with Gasteiger partial charge >= 0.3 is 23.9 Å². The maximum absolute atomic E-state index is 12.4. The highest BCUT2D eigenvalue weighted by atomic mass is 16.7. The smallest absolute Gasteiger partial charge is 0.341 e. The van der Waals surface area contributed by atoms with Gasteiger partial charge in [0.2, 0.25) is 6.29 Å². The van der Waals surface area contributed by atoms with Crippen LogP contribution in [0.2, 0.25) is 0 Å². The number of hydrogen-bond donors (Lipinski definition) is 2. The Labute approximate surface area is 169 Å². The van der Waals surface area contributed by atoms with Gasteiger partial charge in [0.25, 0.3) is 0 Å². The molecule has 1 aromatic carbocycles. The summed E-state index contributed by atoms with van der Waals surface area (Å²) in [6.07, 6.45) is 3.83. The van der Waals surface area contributed by atoms with E-state index in [1.54, 1.807) is 0 Å². The van der Waals surface area contributed by atoms with E-state index in [4.69, 9.17) is 14.6 Å². The fourth-order valence-electron chi connectivity index (χ4n) is 2.50. The van der Waals surface area contributed by atoms with Crippen molar-refractivity contribution in [3.8, 4) is 0 Å². The normalized spacial score (nSPS) is 11.4. The van der Waals surface area contributed by atoms with Crippen LogP contribution >= 0.6 is 0 Å². The second kappa shape index (κ2) is 11.6. The lowest BCUT2D eigenvalue weighted by atomic mass is 10.0. The Bertz CT molecular complexity index is 781. The van der Waals surface area contributed by atoms with Crippen LogP contribution in [0.1, 0.15) is 83.4 Å². The molecule has 1 atom stereocenters. The highest BCUT2D eigenvalue weighted by molar-refractivity contribution is 6.04. The van der Waals surface area contributed by atoms with Crippen LogP contribution in [-0.2, 0) is 14.3 Å². The first-order valence-corrected chi connectivity index (χ1v) is 9.35. The minimum Gasteiger partial charge on any atom is -0.478 e. The van der Waals surface area contributed by atoms with Crippen LogP contribution in [0.15, 0.2) is 30.4 Å². The van der Waals surface area contributed by atoms with E-state index in [0.717, 1.165) is 43.9 Å². The van der Waals surface area contributed by atoms with Gasteiger partial charge in [-0.3, -0.25) is 0 Å². The van der Waals surface area contributed by atoms with Crippen LogP contribution in [0.25, 0.3) is 0 Å². The summed E-state index contributed by atoms with van der Waals surface area (Å²) in [5.74, 6) is -4.54. The molecule has 1 unspecified atom stereocenters. The monoisotopic (exact) mass is 406 g/mol. The Morgan fingerprint density at radius 3 is 2.14 bits per heavy atom. The molecule has 0 bridgehead atoms. The molecule has 0 saturated heterocycles. The SMILES string of the molecule is C=C(C)C(=O)OC(CCCCCCC)OC(=O)c1ccc(C(=O)O)c(C(=O)O)c1. The van der Waals surface area contributed by atoms with Crippen LogP contribution in [0.3, 0.4) is 0 Å². The first kappa shape index (κ1) is 23.9. The number of carboxylic acid groups (broad SMARTS) is 2. The van der Waals surface area contributed by atoms with Crippen LogP contribution in [0.5, 0.6) is 0 Å². The highest BCUT2D eigenvalue weighted by Gasteiger charge is 2.23. The zero-order valence-corrected chi connectivity index (χ0v) is 16.6. The first-order valence-electron chi connectivity index (χ1n) is 9.35. The van der Waals surface area contributed by atoms with E-state index >= 15 is 0 Å². The third-order valence-corrected chi connectivity index (χ3v) is 4.08. The van der Waals surface area contributed by atoms with Crippen molar-refractivity contribution in [2.75, 3.05) is 0 Å². The molecule has 29 heavy (non-hydrogen) atoms.